The molecule has 0 aliphatic rings. The molecule has 0 aliphatic heterocycles. The summed E-state index contributed by atoms with van der Waals surface area (Å²) >= 11 is 0. The normalized spacial score (nSPS) is 11.8. The van der Waals surface area contributed by atoms with E-state index in [4.69, 9.17) is 0 Å². The van der Waals surface area contributed by atoms with Crippen molar-refractivity contribution in [3.63, 3.8) is 0 Å². The highest BCUT2D eigenvalue weighted by molar-refractivity contribution is 5.26. The van der Waals surface area contributed by atoms with Crippen LogP contribution in [-0.4, -0.2) is 5.11 Å². The van der Waals surface area contributed by atoms with Crippen LogP contribution in [0.4, 0.5) is 0 Å². The second-order valence-corrected chi connectivity index (χ2v) is 5.77. The average molecular weight is 248 g/mol. The van der Waals surface area contributed by atoms with Gasteiger partial charge in [-0.2, -0.15) is 0 Å². The third-order valence-corrected chi connectivity index (χ3v) is 3.48. The Morgan fingerprint density at radius 3 is 2.00 bits per heavy atom. The lowest BCUT2D eigenvalue weighted by Gasteiger charge is -2.17. The molecule has 1 aromatic rings. The van der Waals surface area contributed by atoms with Crippen LogP contribution in [-0.2, 0) is 12.0 Å². The third kappa shape index (κ3) is 5.68. The highest BCUT2D eigenvalue weighted by atomic mass is 16.3. The zero-order valence-corrected chi connectivity index (χ0v) is 12.2. The van der Waals surface area contributed by atoms with Crippen molar-refractivity contribution in [3.8, 4) is 0 Å². The topological polar surface area (TPSA) is 20.2 Å². The van der Waals surface area contributed by atoms with Crippen LogP contribution in [0.15, 0.2) is 24.3 Å². The van der Waals surface area contributed by atoms with Gasteiger partial charge in [-0.1, -0.05) is 63.3 Å². The van der Waals surface area contributed by atoms with Crippen molar-refractivity contribution >= 4 is 0 Å². The molecule has 0 amide bonds. The predicted octanol–water partition coefficient (Wildman–Crippen LogP) is 4.82. The fourth-order valence-electron chi connectivity index (χ4n) is 2.19. The van der Waals surface area contributed by atoms with Crippen LogP contribution in [0, 0.1) is 0 Å². The van der Waals surface area contributed by atoms with Gasteiger partial charge in [0.25, 0.3) is 0 Å². The maximum atomic E-state index is 9.88. The Kier molecular flexibility index (Phi) is 6.42. The molecule has 1 nitrogen and oxygen atoms in total. The maximum Gasteiger partial charge on any atom is 0.0840 e. The molecule has 18 heavy (non-hydrogen) atoms. The van der Waals surface area contributed by atoms with Crippen molar-refractivity contribution in [2.75, 3.05) is 0 Å². The first-order chi connectivity index (χ1) is 8.54. The fourth-order valence-corrected chi connectivity index (χ4v) is 2.19. The van der Waals surface area contributed by atoms with Gasteiger partial charge in [-0.15, -0.1) is 0 Å². The molecule has 0 spiro atoms. The van der Waals surface area contributed by atoms with E-state index in [1.54, 1.807) is 0 Å². The number of aryl methyl sites for hydroxylation is 1. The van der Waals surface area contributed by atoms with E-state index < -0.39 is 5.60 Å². The third-order valence-electron chi connectivity index (χ3n) is 3.48. The summed E-state index contributed by atoms with van der Waals surface area (Å²) in [6, 6.07) is 8.40. The van der Waals surface area contributed by atoms with Crippen molar-refractivity contribution in [1.82, 2.24) is 0 Å². The van der Waals surface area contributed by atoms with Crippen molar-refractivity contribution in [3.05, 3.63) is 35.4 Å². The molecule has 1 heteroatoms. The lowest BCUT2D eigenvalue weighted by atomic mass is 9.96. The summed E-state index contributed by atoms with van der Waals surface area (Å²) in [4.78, 5) is 0. The number of hydrogen-bond acceptors (Lipinski definition) is 1. The van der Waals surface area contributed by atoms with E-state index in [9.17, 15) is 5.11 Å². The van der Waals surface area contributed by atoms with Gasteiger partial charge in [0.15, 0.2) is 0 Å². The van der Waals surface area contributed by atoms with E-state index >= 15 is 0 Å². The summed E-state index contributed by atoms with van der Waals surface area (Å²) < 4.78 is 0. The monoisotopic (exact) mass is 248 g/mol. The molecule has 0 radical (unpaired) electrons. The largest absolute Gasteiger partial charge is 0.386 e. The van der Waals surface area contributed by atoms with E-state index in [1.807, 2.05) is 26.0 Å². The second-order valence-electron chi connectivity index (χ2n) is 5.77. The van der Waals surface area contributed by atoms with Gasteiger partial charge in [-0.25, -0.2) is 0 Å². The number of hydrogen-bond donors (Lipinski definition) is 1. The maximum absolute atomic E-state index is 9.88. The molecule has 1 aromatic carbocycles. The van der Waals surface area contributed by atoms with Crippen LogP contribution < -0.4 is 0 Å². The van der Waals surface area contributed by atoms with E-state index in [0.29, 0.717) is 0 Å². The van der Waals surface area contributed by atoms with Crippen molar-refractivity contribution in [2.45, 2.75) is 71.3 Å². The quantitative estimate of drug-likeness (QED) is 0.654. The van der Waals surface area contributed by atoms with Crippen LogP contribution in [0.5, 0.6) is 0 Å². The summed E-state index contributed by atoms with van der Waals surface area (Å²) in [6.07, 6.45) is 9.24. The average Bonchev–Trinajstić information content (AvgIpc) is 2.33. The van der Waals surface area contributed by atoms with Gasteiger partial charge in [0.05, 0.1) is 5.60 Å². The summed E-state index contributed by atoms with van der Waals surface area (Å²) in [5.74, 6) is 0. The van der Waals surface area contributed by atoms with Crippen molar-refractivity contribution in [1.29, 1.82) is 0 Å². The first-order valence-corrected chi connectivity index (χ1v) is 7.36. The summed E-state index contributed by atoms with van der Waals surface area (Å²) in [5, 5.41) is 9.88. The highest BCUT2D eigenvalue weighted by Gasteiger charge is 2.14. The number of unbranched alkanes of at least 4 members (excludes halogenated alkanes) is 5. The molecule has 0 aliphatic carbocycles. The Morgan fingerprint density at radius 2 is 1.44 bits per heavy atom. The number of aliphatic hydroxyl groups is 1. The molecular weight excluding hydrogens is 220 g/mol. The van der Waals surface area contributed by atoms with Gasteiger partial charge in [0, 0.05) is 0 Å². The molecule has 1 rings (SSSR count). The van der Waals surface area contributed by atoms with E-state index in [2.05, 4.69) is 19.1 Å². The Morgan fingerprint density at radius 1 is 0.889 bits per heavy atom. The molecule has 102 valence electrons. The number of benzene rings is 1. The van der Waals surface area contributed by atoms with Crippen LogP contribution in [0.3, 0.4) is 0 Å². The predicted molar refractivity (Wildman–Crippen MR) is 78.8 cm³/mol. The summed E-state index contributed by atoms with van der Waals surface area (Å²) in [6.45, 7) is 5.91. The standard InChI is InChI=1S/C17H28O/c1-4-5-6-7-8-9-10-15-11-13-16(14-12-15)17(2,3)18/h11-14,18H,4-10H2,1-3H3. The Labute approximate surface area is 112 Å². The zero-order valence-electron chi connectivity index (χ0n) is 12.2. The first kappa shape index (κ1) is 15.2. The minimum atomic E-state index is -0.724. The first-order valence-electron chi connectivity index (χ1n) is 7.36. The van der Waals surface area contributed by atoms with Crippen molar-refractivity contribution < 1.29 is 5.11 Å². The molecule has 0 heterocycles. The minimum absolute atomic E-state index is 0.724. The van der Waals surface area contributed by atoms with E-state index in [1.165, 1.54) is 44.1 Å². The van der Waals surface area contributed by atoms with Gasteiger partial charge in [-0.05, 0) is 37.8 Å². The van der Waals surface area contributed by atoms with Crippen LogP contribution in [0.25, 0.3) is 0 Å². The SMILES string of the molecule is CCCCCCCCc1ccc(C(C)(C)O)cc1. The zero-order chi connectivity index (χ0) is 13.4. The van der Waals surface area contributed by atoms with Crippen LogP contribution >= 0.6 is 0 Å². The van der Waals surface area contributed by atoms with Gasteiger partial charge in [0.1, 0.15) is 0 Å². The minimum Gasteiger partial charge on any atom is -0.386 e. The lowest BCUT2D eigenvalue weighted by Crippen LogP contribution is -2.15. The molecule has 0 bridgehead atoms. The number of rotatable bonds is 8. The molecule has 0 fully saturated rings. The second kappa shape index (κ2) is 7.58. The summed E-state index contributed by atoms with van der Waals surface area (Å²) in [5.41, 5.74) is 1.66. The van der Waals surface area contributed by atoms with Gasteiger partial charge in [-0.3, -0.25) is 0 Å². The van der Waals surface area contributed by atoms with Gasteiger partial charge >= 0.3 is 0 Å². The van der Waals surface area contributed by atoms with Crippen LogP contribution in [0.2, 0.25) is 0 Å². The molecule has 0 atom stereocenters. The molecule has 0 aromatic heterocycles. The summed E-state index contributed by atoms with van der Waals surface area (Å²) in [7, 11) is 0. The van der Waals surface area contributed by atoms with E-state index in [-0.39, 0.29) is 0 Å². The van der Waals surface area contributed by atoms with Gasteiger partial charge in [0.2, 0.25) is 0 Å². The molecule has 0 unspecified atom stereocenters. The fraction of sp³-hybridized carbons (Fsp3) is 0.647. The smallest absolute Gasteiger partial charge is 0.0840 e. The van der Waals surface area contributed by atoms with Crippen molar-refractivity contribution in [2.24, 2.45) is 0 Å². The van der Waals surface area contributed by atoms with E-state index in [0.717, 1.165) is 12.0 Å². The Balaban J connectivity index is 2.27. The molecule has 1 N–H and O–H groups in total. The Bertz CT molecular complexity index is 318. The van der Waals surface area contributed by atoms with Gasteiger partial charge < -0.3 is 5.11 Å². The molecular formula is C17H28O. The highest BCUT2D eigenvalue weighted by Crippen LogP contribution is 2.20. The molecule has 0 saturated heterocycles. The Hall–Kier alpha value is -0.820. The molecule has 0 saturated carbocycles. The lowest BCUT2D eigenvalue weighted by molar-refractivity contribution is 0.0786. The van der Waals surface area contributed by atoms with Crippen LogP contribution in [0.1, 0.15) is 70.4 Å².